The molecule has 2 aliphatic heterocycles. The van der Waals surface area contributed by atoms with Crippen molar-refractivity contribution in [2.75, 3.05) is 26.0 Å². The first-order chi connectivity index (χ1) is 18.1. The van der Waals surface area contributed by atoms with E-state index in [0.717, 1.165) is 43.2 Å². The lowest BCUT2D eigenvalue weighted by atomic mass is 10.2. The highest BCUT2D eigenvalue weighted by molar-refractivity contribution is 7.54. The lowest BCUT2D eigenvalue weighted by molar-refractivity contribution is -0.220. The van der Waals surface area contributed by atoms with Crippen molar-refractivity contribution in [1.29, 1.82) is 0 Å². The van der Waals surface area contributed by atoms with Crippen molar-refractivity contribution < 1.29 is 37.4 Å². The molecule has 2 saturated heterocycles. The predicted molar refractivity (Wildman–Crippen MR) is 138 cm³/mol. The molecule has 37 heavy (non-hydrogen) atoms. The van der Waals surface area contributed by atoms with Crippen LogP contribution < -0.4 is 0 Å². The van der Waals surface area contributed by atoms with E-state index in [4.69, 9.17) is 28.0 Å². The third-order valence-electron chi connectivity index (χ3n) is 6.28. The van der Waals surface area contributed by atoms with Crippen LogP contribution in [-0.2, 0) is 50.6 Å². The van der Waals surface area contributed by atoms with Crippen molar-refractivity contribution in [2.24, 2.45) is 0 Å². The molecule has 0 spiro atoms. The van der Waals surface area contributed by atoms with Crippen LogP contribution in [0.4, 0.5) is 0 Å². The molecular formula is C28H37O8P. The zero-order valence-corrected chi connectivity index (χ0v) is 22.1. The van der Waals surface area contributed by atoms with Gasteiger partial charge in [0.2, 0.25) is 0 Å². The van der Waals surface area contributed by atoms with E-state index in [1.54, 1.807) is 0 Å². The molecule has 9 heteroatoms. The van der Waals surface area contributed by atoms with Gasteiger partial charge in [-0.1, -0.05) is 60.7 Å². The van der Waals surface area contributed by atoms with Crippen LogP contribution in [0.15, 0.2) is 60.7 Å². The highest BCUT2D eigenvalue weighted by Gasteiger charge is 2.35. The summed E-state index contributed by atoms with van der Waals surface area (Å²) in [6.45, 7) is 1.32. The van der Waals surface area contributed by atoms with Gasteiger partial charge in [0.15, 0.2) is 18.4 Å². The summed E-state index contributed by atoms with van der Waals surface area (Å²) < 4.78 is 48.7. The molecular weight excluding hydrogens is 495 g/mol. The van der Waals surface area contributed by atoms with Gasteiger partial charge in [-0.25, -0.2) is 0 Å². The molecule has 202 valence electrons. The zero-order chi connectivity index (χ0) is 25.8. The van der Waals surface area contributed by atoms with Crippen LogP contribution in [0.25, 0.3) is 0 Å². The molecule has 0 bridgehead atoms. The van der Waals surface area contributed by atoms with Crippen LogP contribution in [0.5, 0.6) is 0 Å². The van der Waals surface area contributed by atoms with Gasteiger partial charge >= 0.3 is 7.60 Å². The van der Waals surface area contributed by atoms with Gasteiger partial charge in [-0.05, 0) is 49.7 Å². The van der Waals surface area contributed by atoms with Crippen molar-refractivity contribution in [3.63, 3.8) is 0 Å². The largest absolute Gasteiger partial charge is 0.353 e. The summed E-state index contributed by atoms with van der Waals surface area (Å²) >= 11 is 0. The van der Waals surface area contributed by atoms with E-state index >= 15 is 0 Å². The fourth-order valence-corrected chi connectivity index (χ4v) is 5.70. The van der Waals surface area contributed by atoms with Crippen LogP contribution in [0, 0.1) is 0 Å². The summed E-state index contributed by atoms with van der Waals surface area (Å²) in [7, 11) is -3.83. The fourth-order valence-electron chi connectivity index (χ4n) is 4.16. The zero-order valence-electron chi connectivity index (χ0n) is 21.2. The summed E-state index contributed by atoms with van der Waals surface area (Å²) in [5.41, 5.74) is 1.67. The number of hydrogen-bond acceptors (Lipinski definition) is 8. The molecule has 2 aliphatic rings. The quantitative estimate of drug-likeness (QED) is 0.289. The second-order valence-electron chi connectivity index (χ2n) is 9.30. The number of ether oxygens (including phenoxy) is 4. The van der Waals surface area contributed by atoms with Gasteiger partial charge in [-0.15, -0.1) is 0 Å². The van der Waals surface area contributed by atoms with E-state index in [1.165, 1.54) is 0 Å². The van der Waals surface area contributed by atoms with Crippen LogP contribution in [-0.4, -0.2) is 50.4 Å². The molecule has 4 rings (SSSR count). The molecule has 0 amide bonds. The number of ketones is 1. The molecule has 2 heterocycles. The predicted octanol–water partition coefficient (Wildman–Crippen LogP) is 5.64. The number of carbonyl (C=O) groups excluding carboxylic acids is 1. The van der Waals surface area contributed by atoms with Gasteiger partial charge in [0.25, 0.3) is 0 Å². The molecule has 3 unspecified atom stereocenters. The van der Waals surface area contributed by atoms with Crippen LogP contribution >= 0.6 is 7.60 Å². The summed E-state index contributed by atoms with van der Waals surface area (Å²) in [6.07, 6.45) is 3.08. The van der Waals surface area contributed by atoms with Gasteiger partial charge in [0.05, 0.1) is 19.8 Å². The Morgan fingerprint density at radius 2 is 1.35 bits per heavy atom. The molecule has 2 fully saturated rings. The van der Waals surface area contributed by atoms with Crippen LogP contribution in [0.2, 0.25) is 0 Å². The molecule has 2 aromatic rings. The van der Waals surface area contributed by atoms with Gasteiger partial charge in [-0.3, -0.25) is 9.36 Å². The monoisotopic (exact) mass is 532 g/mol. The maximum Gasteiger partial charge on any atom is 0.338 e. The third kappa shape index (κ3) is 9.73. The minimum absolute atomic E-state index is 0.0132. The maximum atomic E-state index is 13.9. The fraction of sp³-hybridized carbons (Fsp3) is 0.536. The summed E-state index contributed by atoms with van der Waals surface area (Å²) in [6, 6.07) is 18.8. The highest BCUT2D eigenvalue weighted by atomic mass is 31.2. The van der Waals surface area contributed by atoms with E-state index < -0.39 is 31.9 Å². The van der Waals surface area contributed by atoms with Gasteiger partial charge < -0.3 is 28.0 Å². The third-order valence-corrected chi connectivity index (χ3v) is 8.02. The Balaban J connectivity index is 1.43. The number of rotatable bonds is 14. The molecule has 0 aromatic heterocycles. The maximum absolute atomic E-state index is 13.9. The van der Waals surface area contributed by atoms with Gasteiger partial charge in [0, 0.05) is 13.2 Å². The van der Waals surface area contributed by atoms with Crippen LogP contribution in [0.3, 0.4) is 0 Å². The Hall–Kier alpha value is -1.90. The van der Waals surface area contributed by atoms with Gasteiger partial charge in [-0.2, -0.15) is 0 Å². The second kappa shape index (κ2) is 14.9. The number of carbonyl (C=O) groups is 1. The molecule has 0 N–H and O–H groups in total. The Kier molecular flexibility index (Phi) is 11.3. The number of hydrogen-bond donors (Lipinski definition) is 0. The van der Waals surface area contributed by atoms with E-state index in [-0.39, 0.29) is 26.1 Å². The lowest BCUT2D eigenvalue weighted by Crippen LogP contribution is -2.39. The highest BCUT2D eigenvalue weighted by Crippen LogP contribution is 2.50. The molecule has 8 nitrogen and oxygen atoms in total. The Labute approximate surface area is 219 Å². The number of Topliss-reactive ketones (excluding diaryl/α,β-unsaturated/α-hetero) is 1. The molecule has 0 saturated carbocycles. The van der Waals surface area contributed by atoms with E-state index in [2.05, 4.69) is 0 Å². The summed E-state index contributed by atoms with van der Waals surface area (Å²) in [5, 5.41) is 0. The van der Waals surface area contributed by atoms with Gasteiger partial charge in [0.1, 0.15) is 12.3 Å². The average Bonchev–Trinajstić information content (AvgIpc) is 2.95. The van der Waals surface area contributed by atoms with Crippen molar-refractivity contribution in [2.45, 2.75) is 70.4 Å². The minimum Gasteiger partial charge on any atom is -0.353 e. The Bertz CT molecular complexity index is 927. The lowest BCUT2D eigenvalue weighted by Gasteiger charge is -2.29. The van der Waals surface area contributed by atoms with E-state index in [0.29, 0.717) is 19.6 Å². The Morgan fingerprint density at radius 3 is 1.86 bits per heavy atom. The molecule has 2 aromatic carbocycles. The average molecular weight is 533 g/mol. The Morgan fingerprint density at radius 1 is 0.811 bits per heavy atom. The van der Waals surface area contributed by atoms with E-state index in [1.807, 2.05) is 60.7 Å². The smallest absolute Gasteiger partial charge is 0.338 e. The van der Waals surface area contributed by atoms with Crippen molar-refractivity contribution >= 4 is 13.4 Å². The van der Waals surface area contributed by atoms with E-state index in [9.17, 15) is 9.36 Å². The first-order valence-corrected chi connectivity index (χ1v) is 14.8. The van der Waals surface area contributed by atoms with Crippen molar-refractivity contribution in [3.05, 3.63) is 71.8 Å². The first-order valence-electron chi connectivity index (χ1n) is 13.1. The molecule has 0 radical (unpaired) electrons. The normalized spacial score (nSPS) is 21.4. The standard InChI is InChI=1S/C28H37O8P/c29-25(26(36-28-16-8-10-18-32-28)21-33-27-15-7-9-17-31-27)22-37(30,34-19-23-11-3-1-4-12-23)35-20-24-13-5-2-6-14-24/h1-6,11-14,26-28H,7-10,15-22H2. The summed E-state index contributed by atoms with van der Waals surface area (Å²) in [5.74, 6) is -0.408. The van der Waals surface area contributed by atoms with Crippen LogP contribution in [0.1, 0.15) is 49.7 Å². The summed E-state index contributed by atoms with van der Waals surface area (Å²) in [4.78, 5) is 13.5. The van der Waals surface area contributed by atoms with Crippen molar-refractivity contribution in [3.8, 4) is 0 Å². The molecule has 3 atom stereocenters. The topological polar surface area (TPSA) is 89.5 Å². The molecule has 0 aliphatic carbocycles. The number of benzene rings is 2. The van der Waals surface area contributed by atoms with Crippen molar-refractivity contribution in [1.82, 2.24) is 0 Å². The SMILES string of the molecule is O=C(CP(=O)(OCc1ccccc1)OCc1ccccc1)C(COC1CCCCO1)OC1CCCCO1. The minimum atomic E-state index is -3.83. The second-order valence-corrected chi connectivity index (χ2v) is 11.4. The first kappa shape index (κ1) is 28.1.